The van der Waals surface area contributed by atoms with Crippen molar-refractivity contribution in [1.29, 1.82) is 0 Å². The lowest BCUT2D eigenvalue weighted by Crippen LogP contribution is -2.12. The summed E-state index contributed by atoms with van der Waals surface area (Å²) in [5.74, 6) is 0. The Morgan fingerprint density at radius 2 is 2.55 bits per heavy atom. The van der Waals surface area contributed by atoms with Gasteiger partial charge in [0.1, 0.15) is 0 Å². The third kappa shape index (κ3) is 1.57. The highest BCUT2D eigenvalue weighted by Gasteiger charge is 2.11. The average Bonchev–Trinajstić information content (AvgIpc) is 2.50. The SMILES string of the molecule is CCn1nccc1C(F)CN. The molecule has 0 saturated heterocycles. The number of aromatic nitrogens is 2. The molecule has 1 unspecified atom stereocenters. The highest BCUT2D eigenvalue weighted by molar-refractivity contribution is 5.04. The van der Waals surface area contributed by atoms with Crippen LogP contribution in [0.1, 0.15) is 18.8 Å². The fraction of sp³-hybridized carbons (Fsp3) is 0.571. The van der Waals surface area contributed by atoms with Crippen molar-refractivity contribution in [3.63, 3.8) is 0 Å². The first-order valence-corrected chi connectivity index (χ1v) is 3.65. The van der Waals surface area contributed by atoms with E-state index in [2.05, 4.69) is 5.10 Å². The molecule has 2 N–H and O–H groups in total. The standard InChI is InChI=1S/C7H12FN3/c1-2-11-7(3-4-10-11)6(8)5-9/h3-4,6H,2,5,9H2,1H3. The molecule has 4 heteroatoms. The maximum atomic E-state index is 13.0. The molecule has 1 aromatic heterocycles. The molecule has 0 fully saturated rings. The molecule has 0 saturated carbocycles. The number of nitrogens with zero attached hydrogens (tertiary/aromatic N) is 2. The lowest BCUT2D eigenvalue weighted by molar-refractivity contribution is 0.329. The normalized spacial score (nSPS) is 13.4. The summed E-state index contributed by atoms with van der Waals surface area (Å²) in [5.41, 5.74) is 5.74. The van der Waals surface area contributed by atoms with Crippen molar-refractivity contribution >= 4 is 0 Å². The summed E-state index contributed by atoms with van der Waals surface area (Å²) < 4.78 is 14.6. The highest BCUT2D eigenvalue weighted by Crippen LogP contribution is 2.14. The van der Waals surface area contributed by atoms with Crippen LogP contribution in [0.2, 0.25) is 0 Å². The summed E-state index contributed by atoms with van der Waals surface area (Å²) in [6, 6.07) is 1.65. The fourth-order valence-electron chi connectivity index (χ4n) is 0.994. The smallest absolute Gasteiger partial charge is 0.154 e. The van der Waals surface area contributed by atoms with Gasteiger partial charge in [0.05, 0.1) is 5.69 Å². The Balaban J connectivity index is 2.83. The number of nitrogens with two attached hydrogens (primary N) is 1. The minimum absolute atomic E-state index is 0.0195. The van der Waals surface area contributed by atoms with E-state index in [1.54, 1.807) is 16.9 Å². The van der Waals surface area contributed by atoms with E-state index < -0.39 is 6.17 Å². The van der Waals surface area contributed by atoms with Crippen molar-refractivity contribution in [3.05, 3.63) is 18.0 Å². The molecule has 0 aliphatic rings. The van der Waals surface area contributed by atoms with E-state index in [4.69, 9.17) is 5.73 Å². The van der Waals surface area contributed by atoms with E-state index in [9.17, 15) is 4.39 Å². The lowest BCUT2D eigenvalue weighted by Gasteiger charge is -2.06. The average molecular weight is 157 g/mol. The Bertz CT molecular complexity index is 221. The summed E-state index contributed by atoms with van der Waals surface area (Å²) in [6.07, 6.45) is 0.499. The van der Waals surface area contributed by atoms with Gasteiger partial charge in [-0.1, -0.05) is 0 Å². The lowest BCUT2D eigenvalue weighted by atomic mass is 10.3. The molecule has 0 aromatic carbocycles. The van der Waals surface area contributed by atoms with Crippen molar-refractivity contribution in [2.24, 2.45) is 5.73 Å². The zero-order valence-corrected chi connectivity index (χ0v) is 6.50. The van der Waals surface area contributed by atoms with Gasteiger partial charge < -0.3 is 5.73 Å². The van der Waals surface area contributed by atoms with Crippen LogP contribution in [0.5, 0.6) is 0 Å². The number of aryl methyl sites for hydroxylation is 1. The third-order valence-corrected chi connectivity index (χ3v) is 1.58. The van der Waals surface area contributed by atoms with Crippen LogP contribution < -0.4 is 5.73 Å². The van der Waals surface area contributed by atoms with Crippen molar-refractivity contribution in [1.82, 2.24) is 9.78 Å². The van der Waals surface area contributed by atoms with E-state index >= 15 is 0 Å². The number of alkyl halides is 1. The molecule has 0 aliphatic carbocycles. The largest absolute Gasteiger partial charge is 0.327 e. The van der Waals surface area contributed by atoms with Gasteiger partial charge in [-0.2, -0.15) is 5.10 Å². The zero-order valence-electron chi connectivity index (χ0n) is 6.50. The molecule has 0 spiro atoms. The van der Waals surface area contributed by atoms with Gasteiger partial charge in [-0.25, -0.2) is 4.39 Å². The van der Waals surface area contributed by atoms with Crippen LogP contribution in [0, 0.1) is 0 Å². The fourth-order valence-corrected chi connectivity index (χ4v) is 0.994. The van der Waals surface area contributed by atoms with Crippen LogP contribution in [0.15, 0.2) is 12.3 Å². The van der Waals surface area contributed by atoms with E-state index in [0.29, 0.717) is 12.2 Å². The van der Waals surface area contributed by atoms with Crippen molar-refractivity contribution in [2.75, 3.05) is 6.54 Å². The van der Waals surface area contributed by atoms with Crippen molar-refractivity contribution in [2.45, 2.75) is 19.6 Å². The van der Waals surface area contributed by atoms with E-state index in [1.165, 1.54) is 0 Å². The Labute approximate surface area is 65.0 Å². The molecule has 11 heavy (non-hydrogen) atoms. The van der Waals surface area contributed by atoms with Gasteiger partial charge in [0.15, 0.2) is 6.17 Å². The summed E-state index contributed by atoms with van der Waals surface area (Å²) in [4.78, 5) is 0. The van der Waals surface area contributed by atoms with E-state index in [0.717, 1.165) is 0 Å². The molecule has 3 nitrogen and oxygen atoms in total. The first-order valence-electron chi connectivity index (χ1n) is 3.65. The van der Waals surface area contributed by atoms with Gasteiger partial charge in [-0.05, 0) is 13.0 Å². The Morgan fingerprint density at radius 1 is 1.82 bits per heavy atom. The molecule has 0 aliphatic heterocycles. The second-order valence-corrected chi connectivity index (χ2v) is 2.28. The summed E-state index contributed by atoms with van der Waals surface area (Å²) >= 11 is 0. The van der Waals surface area contributed by atoms with Crippen molar-refractivity contribution < 1.29 is 4.39 Å². The van der Waals surface area contributed by atoms with Crippen LogP contribution >= 0.6 is 0 Å². The van der Waals surface area contributed by atoms with Crippen LogP contribution in [-0.2, 0) is 6.54 Å². The minimum Gasteiger partial charge on any atom is -0.327 e. The van der Waals surface area contributed by atoms with Crippen molar-refractivity contribution in [3.8, 4) is 0 Å². The topological polar surface area (TPSA) is 43.8 Å². The maximum absolute atomic E-state index is 13.0. The third-order valence-electron chi connectivity index (χ3n) is 1.58. The molecule has 0 radical (unpaired) electrons. The molecule has 1 atom stereocenters. The molecular formula is C7H12FN3. The quantitative estimate of drug-likeness (QED) is 0.707. The number of halogens is 1. The maximum Gasteiger partial charge on any atom is 0.154 e. The second-order valence-electron chi connectivity index (χ2n) is 2.28. The number of rotatable bonds is 3. The van der Waals surface area contributed by atoms with Crippen LogP contribution in [-0.4, -0.2) is 16.3 Å². The first-order chi connectivity index (χ1) is 5.29. The molecule has 62 valence electrons. The summed E-state index contributed by atoms with van der Waals surface area (Å²) in [7, 11) is 0. The van der Waals surface area contributed by atoms with Gasteiger partial charge in [-0.15, -0.1) is 0 Å². The second kappa shape index (κ2) is 3.48. The van der Waals surface area contributed by atoms with Crippen LogP contribution in [0.3, 0.4) is 0 Å². The van der Waals surface area contributed by atoms with Crippen LogP contribution in [0.25, 0.3) is 0 Å². The van der Waals surface area contributed by atoms with E-state index in [1.807, 2.05) is 6.92 Å². The summed E-state index contributed by atoms with van der Waals surface area (Å²) in [5, 5.41) is 3.92. The van der Waals surface area contributed by atoms with Gasteiger partial charge in [0.2, 0.25) is 0 Å². The first kappa shape index (κ1) is 8.20. The Kier molecular flexibility index (Phi) is 2.59. The minimum atomic E-state index is -1.09. The Morgan fingerprint density at radius 3 is 3.09 bits per heavy atom. The van der Waals surface area contributed by atoms with Gasteiger partial charge in [0, 0.05) is 19.3 Å². The molecular weight excluding hydrogens is 145 g/mol. The number of hydrogen-bond acceptors (Lipinski definition) is 2. The van der Waals surface area contributed by atoms with Crippen LogP contribution in [0.4, 0.5) is 4.39 Å². The highest BCUT2D eigenvalue weighted by atomic mass is 19.1. The van der Waals surface area contributed by atoms with E-state index in [-0.39, 0.29) is 6.54 Å². The van der Waals surface area contributed by atoms with Gasteiger partial charge in [0.25, 0.3) is 0 Å². The predicted octanol–water partition coefficient (Wildman–Crippen LogP) is 0.872. The molecule has 0 amide bonds. The summed E-state index contributed by atoms with van der Waals surface area (Å²) in [6.45, 7) is 2.62. The molecule has 1 heterocycles. The van der Waals surface area contributed by atoms with Gasteiger partial charge in [-0.3, -0.25) is 4.68 Å². The van der Waals surface area contributed by atoms with Gasteiger partial charge >= 0.3 is 0 Å². The monoisotopic (exact) mass is 157 g/mol. The molecule has 1 aromatic rings. The zero-order chi connectivity index (χ0) is 8.27. The molecule has 0 bridgehead atoms. The number of hydrogen-bond donors (Lipinski definition) is 1. The molecule has 1 rings (SSSR count). The predicted molar refractivity (Wildman–Crippen MR) is 40.8 cm³/mol. The Hall–Kier alpha value is -0.900.